The maximum atomic E-state index is 11.5. The molecule has 11 heteroatoms. The second-order valence-corrected chi connectivity index (χ2v) is 5.51. The minimum absolute atomic E-state index is 0.0234. The lowest BCUT2D eigenvalue weighted by atomic mass is 10.3. The molecule has 9 nitrogen and oxygen atoms in total. The van der Waals surface area contributed by atoms with Crippen LogP contribution >= 0.6 is 23.4 Å². The molecule has 0 fully saturated rings. The molecule has 0 spiro atoms. The monoisotopic (exact) mass is 356 g/mol. The van der Waals surface area contributed by atoms with Gasteiger partial charge in [0.25, 0.3) is 5.91 Å². The summed E-state index contributed by atoms with van der Waals surface area (Å²) in [4.78, 5) is 26.9. The van der Waals surface area contributed by atoms with Crippen molar-refractivity contribution in [3.63, 3.8) is 0 Å². The highest BCUT2D eigenvalue weighted by Crippen LogP contribution is 2.15. The number of nitrogens with two attached hydrogens (primary N) is 1. The lowest BCUT2D eigenvalue weighted by Gasteiger charge is -2.08. The Morgan fingerprint density at radius 1 is 1.26 bits per heavy atom. The molecule has 0 radical (unpaired) electrons. The first-order valence-corrected chi connectivity index (χ1v) is 7.66. The fourth-order valence-corrected chi connectivity index (χ4v) is 2.08. The van der Waals surface area contributed by atoms with Gasteiger partial charge in [-0.2, -0.15) is 4.98 Å². The first-order chi connectivity index (χ1) is 11.0. The predicted octanol–water partition coefficient (Wildman–Crippen LogP) is 0.359. The van der Waals surface area contributed by atoms with E-state index in [1.54, 1.807) is 24.3 Å². The van der Waals surface area contributed by atoms with Gasteiger partial charge in [-0.05, 0) is 24.3 Å². The third-order valence-corrected chi connectivity index (χ3v) is 3.44. The Hall–Kier alpha value is -2.46. The van der Waals surface area contributed by atoms with Gasteiger partial charge in [-0.15, -0.1) is 5.10 Å². The van der Waals surface area contributed by atoms with Crippen LogP contribution in [0.3, 0.4) is 0 Å². The maximum Gasteiger partial charge on any atom is 0.276 e. The smallest absolute Gasteiger partial charge is 0.276 e. The number of thioether (sulfide) groups is 1. The van der Waals surface area contributed by atoms with Gasteiger partial charge in [0.05, 0.1) is 5.75 Å². The Labute approximate surface area is 140 Å². The van der Waals surface area contributed by atoms with E-state index >= 15 is 0 Å². The molecule has 1 heterocycles. The summed E-state index contributed by atoms with van der Waals surface area (Å²) in [5, 5.41) is 7.12. The number of ether oxygens (including phenoxy) is 1. The number of hydrazine groups is 1. The summed E-state index contributed by atoms with van der Waals surface area (Å²) in [5.74, 6) is -0.233. The van der Waals surface area contributed by atoms with E-state index in [0.717, 1.165) is 11.8 Å². The third kappa shape index (κ3) is 6.04. The zero-order valence-electron chi connectivity index (χ0n) is 11.7. The molecule has 0 aliphatic rings. The summed E-state index contributed by atoms with van der Waals surface area (Å²) in [6.07, 6.45) is 0. The molecule has 0 aliphatic carbocycles. The molecule has 2 aromatic rings. The van der Waals surface area contributed by atoms with E-state index in [1.165, 1.54) is 0 Å². The Bertz CT molecular complexity index is 678. The van der Waals surface area contributed by atoms with Gasteiger partial charge in [-0.25, -0.2) is 5.10 Å². The summed E-state index contributed by atoms with van der Waals surface area (Å²) >= 11 is 6.80. The van der Waals surface area contributed by atoms with Crippen LogP contribution in [0.5, 0.6) is 5.75 Å². The van der Waals surface area contributed by atoms with E-state index < -0.39 is 11.8 Å². The van der Waals surface area contributed by atoms with Crippen molar-refractivity contribution >= 4 is 41.1 Å². The molecule has 0 atom stereocenters. The minimum atomic E-state index is -0.500. The number of carbonyl (C=O) groups excluding carboxylic acids is 2. The lowest BCUT2D eigenvalue weighted by molar-refractivity contribution is -0.128. The van der Waals surface area contributed by atoms with Crippen LogP contribution in [0.2, 0.25) is 5.02 Å². The van der Waals surface area contributed by atoms with Crippen LogP contribution in [0.15, 0.2) is 29.4 Å². The van der Waals surface area contributed by atoms with Crippen molar-refractivity contribution in [3.05, 3.63) is 29.3 Å². The van der Waals surface area contributed by atoms with E-state index in [-0.39, 0.29) is 18.3 Å². The summed E-state index contributed by atoms with van der Waals surface area (Å²) < 4.78 is 5.22. The SMILES string of the molecule is Nc1nc(SCC(=O)NNC(=O)COc2ccc(Cl)cc2)n[nH]1. The number of H-pyrrole nitrogens is 1. The van der Waals surface area contributed by atoms with E-state index in [1.807, 2.05) is 0 Å². The highest BCUT2D eigenvalue weighted by atomic mass is 35.5. The summed E-state index contributed by atoms with van der Waals surface area (Å²) in [6.45, 7) is -0.244. The van der Waals surface area contributed by atoms with Crippen LogP contribution in [-0.4, -0.2) is 39.4 Å². The van der Waals surface area contributed by atoms with Crippen molar-refractivity contribution in [2.75, 3.05) is 18.1 Å². The number of nitrogen functional groups attached to an aromatic ring is 1. The predicted molar refractivity (Wildman–Crippen MR) is 84.8 cm³/mol. The van der Waals surface area contributed by atoms with Gasteiger partial charge in [-0.1, -0.05) is 23.4 Å². The van der Waals surface area contributed by atoms with Crippen molar-refractivity contribution in [2.45, 2.75) is 5.16 Å². The molecule has 0 saturated heterocycles. The third-order valence-electron chi connectivity index (χ3n) is 2.34. The fourth-order valence-electron chi connectivity index (χ4n) is 1.34. The van der Waals surface area contributed by atoms with Crippen LogP contribution in [0.4, 0.5) is 5.95 Å². The van der Waals surface area contributed by atoms with Gasteiger partial charge in [0.2, 0.25) is 17.0 Å². The molecular formula is C12H13ClN6O3S. The number of nitrogens with one attached hydrogen (secondary N) is 3. The second-order valence-electron chi connectivity index (χ2n) is 4.13. The van der Waals surface area contributed by atoms with Crippen LogP contribution in [0.25, 0.3) is 0 Å². The van der Waals surface area contributed by atoms with Crippen molar-refractivity contribution in [3.8, 4) is 5.75 Å². The number of amides is 2. The fraction of sp³-hybridized carbons (Fsp3) is 0.167. The molecule has 1 aromatic heterocycles. The van der Waals surface area contributed by atoms with Crippen molar-refractivity contribution < 1.29 is 14.3 Å². The van der Waals surface area contributed by atoms with Gasteiger partial charge in [0.15, 0.2) is 6.61 Å². The van der Waals surface area contributed by atoms with Crippen LogP contribution in [-0.2, 0) is 9.59 Å². The summed E-state index contributed by atoms with van der Waals surface area (Å²) in [6, 6.07) is 6.55. The van der Waals surface area contributed by atoms with Crippen molar-refractivity contribution in [2.24, 2.45) is 0 Å². The van der Waals surface area contributed by atoms with Crippen molar-refractivity contribution in [1.29, 1.82) is 0 Å². The van der Waals surface area contributed by atoms with Crippen LogP contribution < -0.4 is 21.3 Å². The molecule has 2 rings (SSSR count). The zero-order chi connectivity index (χ0) is 16.7. The number of rotatable bonds is 6. The van der Waals surface area contributed by atoms with Crippen LogP contribution in [0, 0.1) is 0 Å². The number of anilines is 1. The number of nitrogens with zero attached hydrogens (tertiary/aromatic N) is 2. The Morgan fingerprint density at radius 3 is 2.61 bits per heavy atom. The van der Waals surface area contributed by atoms with Gasteiger partial charge >= 0.3 is 0 Å². The molecule has 0 unspecified atom stereocenters. The molecule has 5 N–H and O–H groups in total. The highest BCUT2D eigenvalue weighted by Gasteiger charge is 2.08. The minimum Gasteiger partial charge on any atom is -0.484 e. The number of aromatic amines is 1. The molecular weight excluding hydrogens is 344 g/mol. The molecule has 2 amide bonds. The first-order valence-electron chi connectivity index (χ1n) is 6.29. The molecule has 122 valence electrons. The van der Waals surface area contributed by atoms with E-state index in [4.69, 9.17) is 22.1 Å². The number of aromatic nitrogens is 3. The Morgan fingerprint density at radius 2 is 1.96 bits per heavy atom. The van der Waals surface area contributed by atoms with Gasteiger partial charge in [-0.3, -0.25) is 20.4 Å². The average Bonchev–Trinajstić information content (AvgIpc) is 2.96. The molecule has 23 heavy (non-hydrogen) atoms. The Kier molecular flexibility index (Phi) is 6.06. The van der Waals surface area contributed by atoms with Gasteiger partial charge in [0.1, 0.15) is 5.75 Å². The number of hydrogen-bond acceptors (Lipinski definition) is 7. The van der Waals surface area contributed by atoms with Crippen LogP contribution in [0.1, 0.15) is 0 Å². The molecule has 0 bridgehead atoms. The maximum absolute atomic E-state index is 11.5. The standard InChI is InChI=1S/C12H13ClN6O3S/c13-7-1-3-8(4-2-7)22-5-9(20)16-17-10(21)6-23-12-15-11(14)18-19-12/h1-4H,5-6H2,(H,16,20)(H,17,21)(H3,14,15,18,19). The Balaban J connectivity index is 1.63. The number of hydrogen-bond donors (Lipinski definition) is 4. The van der Waals surface area contributed by atoms with E-state index in [9.17, 15) is 9.59 Å². The second kappa shape index (κ2) is 8.25. The topological polar surface area (TPSA) is 135 Å². The molecule has 0 saturated carbocycles. The molecule has 0 aliphatic heterocycles. The number of carbonyl (C=O) groups is 2. The van der Waals surface area contributed by atoms with Gasteiger partial charge < -0.3 is 10.5 Å². The van der Waals surface area contributed by atoms with Gasteiger partial charge in [0, 0.05) is 5.02 Å². The summed E-state index contributed by atoms with van der Waals surface area (Å²) in [7, 11) is 0. The lowest BCUT2D eigenvalue weighted by Crippen LogP contribution is -2.44. The average molecular weight is 357 g/mol. The number of halogens is 1. The van der Waals surface area contributed by atoms with E-state index in [2.05, 4.69) is 26.0 Å². The summed E-state index contributed by atoms with van der Waals surface area (Å²) in [5.41, 5.74) is 9.83. The van der Waals surface area contributed by atoms with E-state index in [0.29, 0.717) is 15.9 Å². The largest absolute Gasteiger partial charge is 0.484 e. The van der Waals surface area contributed by atoms with Crippen molar-refractivity contribution in [1.82, 2.24) is 26.0 Å². The number of benzene rings is 1. The highest BCUT2D eigenvalue weighted by molar-refractivity contribution is 7.99. The normalized spacial score (nSPS) is 10.1. The quantitative estimate of drug-likeness (QED) is 0.433. The molecule has 1 aromatic carbocycles. The first kappa shape index (κ1) is 16.9. The zero-order valence-corrected chi connectivity index (χ0v) is 13.3.